The molecule has 0 saturated carbocycles. The number of rotatable bonds is 5. The van der Waals surface area contributed by atoms with Crippen molar-refractivity contribution >= 4 is 11.6 Å². The van der Waals surface area contributed by atoms with E-state index in [4.69, 9.17) is 0 Å². The smallest absolute Gasteiger partial charge is 0.259 e. The molecule has 8 nitrogen and oxygen atoms in total. The van der Waals surface area contributed by atoms with E-state index < -0.39 is 0 Å². The SMILES string of the molecule is CCn1ncc(Cn2cc(NC(=O)c3c(C)nn(C)c3C)cn2)c1C. The molecule has 1 N–H and O–H groups in total. The summed E-state index contributed by atoms with van der Waals surface area (Å²) in [4.78, 5) is 12.5. The number of nitrogens with one attached hydrogen (secondary N) is 1. The molecule has 0 aromatic carbocycles. The highest BCUT2D eigenvalue weighted by atomic mass is 16.1. The zero-order chi connectivity index (χ0) is 18.1. The molecule has 1 amide bonds. The summed E-state index contributed by atoms with van der Waals surface area (Å²) in [6.45, 7) is 9.29. The van der Waals surface area contributed by atoms with Crippen molar-refractivity contribution in [1.29, 1.82) is 0 Å². The van der Waals surface area contributed by atoms with E-state index >= 15 is 0 Å². The van der Waals surface area contributed by atoms with Gasteiger partial charge in [0.25, 0.3) is 5.91 Å². The highest BCUT2D eigenvalue weighted by molar-refractivity contribution is 6.05. The van der Waals surface area contributed by atoms with E-state index in [1.807, 2.05) is 44.9 Å². The second-order valence-electron chi connectivity index (χ2n) is 6.12. The number of aryl methyl sites for hydroxylation is 3. The number of nitrogens with zero attached hydrogens (tertiary/aromatic N) is 6. The fraction of sp³-hybridized carbons (Fsp3) is 0.412. The van der Waals surface area contributed by atoms with Crippen molar-refractivity contribution in [1.82, 2.24) is 29.3 Å². The molecule has 0 unspecified atom stereocenters. The van der Waals surface area contributed by atoms with Gasteiger partial charge in [-0.2, -0.15) is 15.3 Å². The van der Waals surface area contributed by atoms with Crippen LogP contribution in [0.25, 0.3) is 0 Å². The number of hydrogen-bond donors (Lipinski definition) is 1. The van der Waals surface area contributed by atoms with Crippen LogP contribution in [-0.4, -0.2) is 35.2 Å². The van der Waals surface area contributed by atoms with Crippen molar-refractivity contribution in [3.63, 3.8) is 0 Å². The highest BCUT2D eigenvalue weighted by Gasteiger charge is 2.18. The van der Waals surface area contributed by atoms with Crippen LogP contribution >= 0.6 is 0 Å². The summed E-state index contributed by atoms with van der Waals surface area (Å²) in [5.41, 5.74) is 5.06. The maximum atomic E-state index is 12.5. The van der Waals surface area contributed by atoms with Gasteiger partial charge in [-0.25, -0.2) is 0 Å². The normalized spacial score (nSPS) is 11.1. The Hall–Kier alpha value is -2.90. The number of carbonyl (C=O) groups is 1. The van der Waals surface area contributed by atoms with E-state index in [1.54, 1.807) is 15.6 Å². The third kappa shape index (κ3) is 3.19. The van der Waals surface area contributed by atoms with Crippen LogP contribution in [0, 0.1) is 20.8 Å². The molecule has 0 atom stereocenters. The molecule has 0 aliphatic heterocycles. The minimum Gasteiger partial charge on any atom is -0.319 e. The van der Waals surface area contributed by atoms with Gasteiger partial charge in [-0.15, -0.1) is 0 Å². The molecule has 0 saturated heterocycles. The fourth-order valence-electron chi connectivity index (χ4n) is 2.94. The van der Waals surface area contributed by atoms with Gasteiger partial charge in [-0.05, 0) is 27.7 Å². The van der Waals surface area contributed by atoms with Crippen LogP contribution < -0.4 is 5.32 Å². The molecule has 0 fully saturated rings. The summed E-state index contributed by atoms with van der Waals surface area (Å²) in [6.07, 6.45) is 5.33. The van der Waals surface area contributed by atoms with Gasteiger partial charge in [0, 0.05) is 36.7 Å². The molecule has 3 aromatic heterocycles. The molecule has 0 spiro atoms. The summed E-state index contributed by atoms with van der Waals surface area (Å²) < 4.78 is 5.46. The van der Waals surface area contributed by atoms with Gasteiger partial charge in [0.1, 0.15) is 0 Å². The lowest BCUT2D eigenvalue weighted by atomic mass is 10.2. The largest absolute Gasteiger partial charge is 0.319 e. The summed E-state index contributed by atoms with van der Waals surface area (Å²) in [6, 6.07) is 0. The minimum absolute atomic E-state index is 0.169. The average Bonchev–Trinajstić information content (AvgIpc) is 3.21. The lowest BCUT2D eigenvalue weighted by molar-refractivity contribution is 0.102. The van der Waals surface area contributed by atoms with Crippen molar-refractivity contribution < 1.29 is 4.79 Å². The van der Waals surface area contributed by atoms with Gasteiger partial charge < -0.3 is 5.32 Å². The summed E-state index contributed by atoms with van der Waals surface area (Å²) in [5, 5.41) is 15.8. The van der Waals surface area contributed by atoms with Crippen LogP contribution in [0.5, 0.6) is 0 Å². The Morgan fingerprint density at radius 3 is 2.52 bits per heavy atom. The Balaban J connectivity index is 1.73. The molecular weight excluding hydrogens is 318 g/mol. The zero-order valence-corrected chi connectivity index (χ0v) is 15.2. The Morgan fingerprint density at radius 1 is 1.16 bits per heavy atom. The van der Waals surface area contributed by atoms with E-state index in [9.17, 15) is 4.79 Å². The molecule has 8 heteroatoms. The summed E-state index contributed by atoms with van der Waals surface area (Å²) >= 11 is 0. The summed E-state index contributed by atoms with van der Waals surface area (Å²) in [5.74, 6) is -0.169. The van der Waals surface area contributed by atoms with E-state index in [0.717, 1.165) is 23.5 Å². The standard InChI is InChI=1S/C17H23N7O/c1-6-24-12(3)14(7-19-24)9-23-10-15(8-18-23)20-17(25)16-11(2)21-22(5)13(16)4/h7-8,10H,6,9H2,1-5H3,(H,20,25). The molecular formula is C17H23N7O. The lowest BCUT2D eigenvalue weighted by Gasteiger charge is -2.04. The number of aromatic nitrogens is 6. The number of amides is 1. The third-order valence-electron chi connectivity index (χ3n) is 4.46. The molecule has 0 bridgehead atoms. The van der Waals surface area contributed by atoms with Crippen molar-refractivity contribution in [3.05, 3.63) is 46.8 Å². The van der Waals surface area contributed by atoms with Crippen LogP contribution in [0.3, 0.4) is 0 Å². The quantitative estimate of drug-likeness (QED) is 0.770. The Bertz CT molecular complexity index is 916. The predicted octanol–water partition coefficient (Wildman–Crippen LogP) is 2.06. The van der Waals surface area contributed by atoms with Gasteiger partial charge in [0.05, 0.1) is 35.9 Å². The van der Waals surface area contributed by atoms with Crippen molar-refractivity contribution in [2.75, 3.05) is 5.32 Å². The maximum Gasteiger partial charge on any atom is 0.259 e. The molecule has 3 heterocycles. The summed E-state index contributed by atoms with van der Waals surface area (Å²) in [7, 11) is 1.83. The van der Waals surface area contributed by atoms with Crippen LogP contribution in [0.15, 0.2) is 18.6 Å². The van der Waals surface area contributed by atoms with Gasteiger partial charge in [0.15, 0.2) is 0 Å². The average molecular weight is 341 g/mol. The highest BCUT2D eigenvalue weighted by Crippen LogP contribution is 2.16. The number of carbonyl (C=O) groups excluding carboxylic acids is 1. The topological polar surface area (TPSA) is 82.6 Å². The first-order valence-electron chi connectivity index (χ1n) is 8.26. The fourth-order valence-corrected chi connectivity index (χ4v) is 2.94. The monoisotopic (exact) mass is 341 g/mol. The Morgan fingerprint density at radius 2 is 1.92 bits per heavy atom. The molecule has 0 aliphatic rings. The molecule has 132 valence electrons. The van der Waals surface area contributed by atoms with E-state index in [-0.39, 0.29) is 5.91 Å². The van der Waals surface area contributed by atoms with Crippen LogP contribution in [0.1, 0.15) is 39.9 Å². The van der Waals surface area contributed by atoms with Gasteiger partial charge in [-0.3, -0.25) is 18.8 Å². The Labute approximate surface area is 146 Å². The van der Waals surface area contributed by atoms with Gasteiger partial charge >= 0.3 is 0 Å². The van der Waals surface area contributed by atoms with E-state index in [2.05, 4.69) is 27.5 Å². The number of hydrogen-bond acceptors (Lipinski definition) is 4. The Kier molecular flexibility index (Phi) is 4.43. The van der Waals surface area contributed by atoms with Crippen LogP contribution in [-0.2, 0) is 20.1 Å². The third-order valence-corrected chi connectivity index (χ3v) is 4.46. The second-order valence-corrected chi connectivity index (χ2v) is 6.12. The minimum atomic E-state index is -0.169. The van der Waals surface area contributed by atoms with Crippen LogP contribution in [0.4, 0.5) is 5.69 Å². The maximum absolute atomic E-state index is 12.5. The van der Waals surface area contributed by atoms with Gasteiger partial charge in [-0.1, -0.05) is 0 Å². The first-order valence-corrected chi connectivity index (χ1v) is 8.26. The molecule has 0 radical (unpaired) electrons. The molecule has 0 aliphatic carbocycles. The lowest BCUT2D eigenvalue weighted by Crippen LogP contribution is -2.13. The predicted molar refractivity (Wildman–Crippen MR) is 94.6 cm³/mol. The molecule has 3 rings (SSSR count). The van der Waals surface area contributed by atoms with E-state index in [1.165, 1.54) is 0 Å². The van der Waals surface area contributed by atoms with Crippen molar-refractivity contribution in [2.24, 2.45) is 7.05 Å². The zero-order valence-electron chi connectivity index (χ0n) is 15.2. The van der Waals surface area contributed by atoms with E-state index in [0.29, 0.717) is 23.5 Å². The number of anilines is 1. The first-order chi connectivity index (χ1) is 11.9. The van der Waals surface area contributed by atoms with Crippen molar-refractivity contribution in [3.8, 4) is 0 Å². The van der Waals surface area contributed by atoms with Crippen LogP contribution in [0.2, 0.25) is 0 Å². The van der Waals surface area contributed by atoms with Crippen molar-refractivity contribution in [2.45, 2.75) is 40.8 Å². The first kappa shape index (κ1) is 16.9. The molecule has 3 aromatic rings. The second kappa shape index (κ2) is 6.54. The van der Waals surface area contributed by atoms with Gasteiger partial charge in [0.2, 0.25) is 0 Å². The molecule has 25 heavy (non-hydrogen) atoms.